The first kappa shape index (κ1) is 19.2. The fourth-order valence-electron chi connectivity index (χ4n) is 1.97. The van der Waals surface area contributed by atoms with E-state index in [1.165, 1.54) is 16.8 Å². The molecular formula is C15H18N3O6P. The van der Waals surface area contributed by atoms with Crippen molar-refractivity contribution in [3.05, 3.63) is 58.6 Å². The third-order valence-electron chi connectivity index (χ3n) is 3.18. The van der Waals surface area contributed by atoms with Crippen molar-refractivity contribution < 1.29 is 24.4 Å². The first-order chi connectivity index (χ1) is 12.0. The molecule has 1 heterocycles. The van der Waals surface area contributed by atoms with Crippen molar-refractivity contribution in [3.63, 3.8) is 0 Å². The average Bonchev–Trinajstić information content (AvgIpc) is 2.61. The van der Waals surface area contributed by atoms with Gasteiger partial charge >= 0.3 is 5.69 Å². The van der Waals surface area contributed by atoms with E-state index in [9.17, 15) is 14.7 Å². The molecule has 2 aromatic rings. The van der Waals surface area contributed by atoms with E-state index >= 15 is 0 Å². The highest BCUT2D eigenvalue weighted by molar-refractivity contribution is 7.44. The number of nitrogens with zero attached hydrogens (tertiary/aromatic N) is 2. The molecule has 1 atom stereocenters. The number of hydrogen-bond donors (Lipinski definition) is 4. The number of carbonyl (C=O) groups is 1. The second-order valence-electron chi connectivity index (χ2n) is 5.04. The molecule has 4 N–H and O–H groups in total. The summed E-state index contributed by atoms with van der Waals surface area (Å²) in [7, 11) is -2.24. The lowest BCUT2D eigenvalue weighted by Gasteiger charge is -2.17. The van der Waals surface area contributed by atoms with E-state index in [4.69, 9.17) is 14.5 Å². The topological polar surface area (TPSA) is 134 Å². The molecule has 2 rings (SSSR count). The van der Waals surface area contributed by atoms with Gasteiger partial charge in [0.2, 0.25) is 0 Å². The predicted octanol–water partition coefficient (Wildman–Crippen LogP) is 0.127. The van der Waals surface area contributed by atoms with Gasteiger partial charge in [-0.2, -0.15) is 4.98 Å². The number of aliphatic hydroxyl groups is 1. The maximum absolute atomic E-state index is 12.0. The fourth-order valence-corrected chi connectivity index (χ4v) is 2.31. The van der Waals surface area contributed by atoms with Gasteiger partial charge in [-0.1, -0.05) is 18.2 Å². The monoisotopic (exact) mass is 367 g/mol. The molecule has 0 bridgehead atoms. The summed E-state index contributed by atoms with van der Waals surface area (Å²) in [5, 5.41) is 11.7. The first-order valence-corrected chi connectivity index (χ1v) is 8.74. The molecule has 0 fully saturated rings. The van der Waals surface area contributed by atoms with Gasteiger partial charge in [0.25, 0.3) is 5.91 Å². The van der Waals surface area contributed by atoms with E-state index < -0.39 is 26.8 Å². The minimum Gasteiger partial charge on any atom is -0.394 e. The lowest BCUT2D eigenvalue weighted by atomic mass is 10.2. The van der Waals surface area contributed by atoms with Gasteiger partial charge in [-0.15, -0.1) is 0 Å². The summed E-state index contributed by atoms with van der Waals surface area (Å²) in [6.45, 7) is -0.416. The van der Waals surface area contributed by atoms with Crippen molar-refractivity contribution in [1.82, 2.24) is 9.55 Å². The molecule has 0 spiro atoms. The van der Waals surface area contributed by atoms with Crippen LogP contribution < -0.4 is 11.0 Å². The van der Waals surface area contributed by atoms with Crippen molar-refractivity contribution in [2.24, 2.45) is 0 Å². The van der Waals surface area contributed by atoms with Gasteiger partial charge in [-0.3, -0.25) is 9.36 Å². The number of nitrogens with one attached hydrogen (secondary N) is 1. The third kappa shape index (κ3) is 6.00. The van der Waals surface area contributed by atoms with Crippen LogP contribution >= 0.6 is 8.38 Å². The van der Waals surface area contributed by atoms with E-state index in [-0.39, 0.29) is 24.6 Å². The number of rotatable bonds is 8. The van der Waals surface area contributed by atoms with Crippen LogP contribution in [-0.2, 0) is 11.3 Å². The maximum atomic E-state index is 12.0. The summed E-state index contributed by atoms with van der Waals surface area (Å²) in [6, 6.07) is 9.95. The Balaban J connectivity index is 2.02. The number of benzene rings is 1. The SMILES string of the molecule is O=C(Nc1ccn(C[C@@H](CO)OCP(O)O)c(=O)n1)c1ccccc1. The Labute approximate surface area is 144 Å². The molecule has 0 saturated heterocycles. The molecular weight excluding hydrogens is 349 g/mol. The molecule has 0 aliphatic carbocycles. The molecule has 10 heteroatoms. The van der Waals surface area contributed by atoms with Crippen LogP contribution in [0.1, 0.15) is 10.4 Å². The molecule has 0 unspecified atom stereocenters. The lowest BCUT2D eigenvalue weighted by Crippen LogP contribution is -2.32. The zero-order valence-electron chi connectivity index (χ0n) is 13.1. The van der Waals surface area contributed by atoms with Gasteiger partial charge in [0.1, 0.15) is 12.2 Å². The van der Waals surface area contributed by atoms with E-state index in [0.29, 0.717) is 5.56 Å². The smallest absolute Gasteiger partial charge is 0.349 e. The fraction of sp³-hybridized carbons (Fsp3) is 0.267. The largest absolute Gasteiger partial charge is 0.394 e. The number of carbonyl (C=O) groups excluding carboxylic acids is 1. The normalized spacial score (nSPS) is 12.2. The van der Waals surface area contributed by atoms with Crippen LogP contribution in [0.3, 0.4) is 0 Å². The number of ether oxygens (including phenoxy) is 1. The summed E-state index contributed by atoms with van der Waals surface area (Å²) in [5.74, 6) is -0.285. The van der Waals surface area contributed by atoms with Crippen LogP contribution in [0.5, 0.6) is 0 Å². The van der Waals surface area contributed by atoms with Crippen molar-refractivity contribution in [2.45, 2.75) is 12.6 Å². The molecule has 1 aromatic carbocycles. The zero-order valence-corrected chi connectivity index (χ0v) is 14.0. The summed E-state index contributed by atoms with van der Waals surface area (Å²) in [6.07, 6.45) is 0.296. The highest BCUT2D eigenvalue weighted by Gasteiger charge is 2.13. The minimum atomic E-state index is -2.24. The van der Waals surface area contributed by atoms with Gasteiger partial charge in [-0.05, 0) is 18.2 Å². The third-order valence-corrected chi connectivity index (χ3v) is 3.56. The van der Waals surface area contributed by atoms with E-state index in [0.717, 1.165) is 0 Å². The molecule has 0 aliphatic rings. The molecule has 1 aromatic heterocycles. The van der Waals surface area contributed by atoms with Gasteiger partial charge < -0.3 is 24.9 Å². The second kappa shape index (κ2) is 9.36. The Morgan fingerprint density at radius 2 is 2.00 bits per heavy atom. The van der Waals surface area contributed by atoms with E-state index in [1.54, 1.807) is 30.3 Å². The standard InChI is InChI=1S/C15H18N3O6P/c19-9-12(24-10-25(22)23)8-18-7-6-13(17-15(18)21)16-14(20)11-4-2-1-3-5-11/h1-7,12,19,22-23H,8-10H2,(H,16,17,20,21)/t12-/m0/s1. The Bertz CT molecular complexity index is 752. The Hall–Kier alpha value is -2.16. The highest BCUT2D eigenvalue weighted by atomic mass is 31.2. The lowest BCUT2D eigenvalue weighted by molar-refractivity contribution is 0.0220. The minimum absolute atomic E-state index is 0.0155. The van der Waals surface area contributed by atoms with Crippen molar-refractivity contribution >= 4 is 20.1 Å². The number of aromatic nitrogens is 2. The molecule has 0 radical (unpaired) electrons. The maximum Gasteiger partial charge on any atom is 0.349 e. The summed E-state index contributed by atoms with van der Waals surface area (Å²) < 4.78 is 6.28. The molecule has 25 heavy (non-hydrogen) atoms. The summed E-state index contributed by atoms with van der Waals surface area (Å²) in [5.41, 5.74) is -0.199. The quantitative estimate of drug-likeness (QED) is 0.487. The van der Waals surface area contributed by atoms with Crippen LogP contribution in [0.25, 0.3) is 0 Å². The Morgan fingerprint density at radius 3 is 2.60 bits per heavy atom. The Morgan fingerprint density at radius 1 is 1.28 bits per heavy atom. The van der Waals surface area contributed by atoms with Gasteiger partial charge in [0.15, 0.2) is 8.38 Å². The summed E-state index contributed by atoms with van der Waals surface area (Å²) in [4.78, 5) is 45.5. The van der Waals surface area contributed by atoms with E-state index in [2.05, 4.69) is 10.3 Å². The number of amides is 1. The molecule has 134 valence electrons. The Kier molecular flexibility index (Phi) is 7.17. The van der Waals surface area contributed by atoms with Crippen molar-refractivity contribution in [1.29, 1.82) is 0 Å². The molecule has 0 saturated carbocycles. The number of aliphatic hydroxyl groups excluding tert-OH is 1. The average molecular weight is 367 g/mol. The van der Waals surface area contributed by atoms with E-state index in [1.807, 2.05) is 0 Å². The number of anilines is 1. The summed E-state index contributed by atoms with van der Waals surface area (Å²) >= 11 is 0. The van der Waals surface area contributed by atoms with Gasteiger partial charge in [0.05, 0.1) is 19.3 Å². The van der Waals surface area contributed by atoms with Gasteiger partial charge in [-0.25, -0.2) is 4.79 Å². The molecule has 1 amide bonds. The second-order valence-corrected chi connectivity index (χ2v) is 6.04. The number of hydrogen-bond acceptors (Lipinski definition) is 7. The molecule has 9 nitrogen and oxygen atoms in total. The van der Waals surface area contributed by atoms with Crippen LogP contribution in [0.2, 0.25) is 0 Å². The predicted molar refractivity (Wildman–Crippen MR) is 91.1 cm³/mol. The van der Waals surface area contributed by atoms with Crippen LogP contribution in [0.15, 0.2) is 47.4 Å². The first-order valence-electron chi connectivity index (χ1n) is 7.31. The highest BCUT2D eigenvalue weighted by Crippen LogP contribution is 2.23. The molecule has 0 aliphatic heterocycles. The van der Waals surface area contributed by atoms with Crippen LogP contribution in [0, 0.1) is 0 Å². The van der Waals surface area contributed by atoms with Crippen LogP contribution in [0.4, 0.5) is 5.82 Å². The van der Waals surface area contributed by atoms with Crippen LogP contribution in [-0.4, -0.2) is 49.4 Å². The van der Waals surface area contributed by atoms with Crippen molar-refractivity contribution in [3.8, 4) is 0 Å². The van der Waals surface area contributed by atoms with Gasteiger partial charge in [0, 0.05) is 11.8 Å². The van der Waals surface area contributed by atoms with Crippen molar-refractivity contribution in [2.75, 3.05) is 18.3 Å². The zero-order chi connectivity index (χ0) is 18.2.